The standard InChI is InChI=1S/C10H3N9OS/c20-7-3-5(12-1-11-3)16-10(18-7)19-9-15-4-6(17-9)13-2-14-8(4)21/h1-2H,(H,13,14,17,18,19,20,21). The monoisotopic (exact) mass is 297 g/mol. The van der Waals surface area contributed by atoms with E-state index >= 15 is 0 Å². The molecule has 1 amide bonds. The van der Waals surface area contributed by atoms with Crippen LogP contribution in [0.1, 0.15) is 0 Å². The maximum Gasteiger partial charge on any atom is 0.302 e. The molecule has 1 aromatic heterocycles. The summed E-state index contributed by atoms with van der Waals surface area (Å²) in [4.78, 5) is 45.9. The number of amides is 1. The van der Waals surface area contributed by atoms with Gasteiger partial charge in [-0.1, -0.05) is 12.2 Å². The van der Waals surface area contributed by atoms with Gasteiger partial charge in [-0.3, -0.25) is 4.79 Å². The molecule has 0 fully saturated rings. The first-order chi connectivity index (χ1) is 10.2. The van der Waals surface area contributed by atoms with E-state index in [1.54, 1.807) is 0 Å². The molecule has 0 saturated carbocycles. The number of carbonyl (C=O) groups is 1. The molecule has 11 heteroatoms. The Hall–Kier alpha value is -3.08. The second-order valence-electron chi connectivity index (χ2n) is 3.91. The summed E-state index contributed by atoms with van der Waals surface area (Å²) in [7, 11) is 0. The summed E-state index contributed by atoms with van der Waals surface area (Å²) < 4.78 is 0.306. The zero-order valence-electron chi connectivity index (χ0n) is 10.0. The Kier molecular flexibility index (Phi) is 2.35. The van der Waals surface area contributed by atoms with Crippen LogP contribution < -0.4 is 10.8 Å². The van der Waals surface area contributed by atoms with Crippen LogP contribution in [0.25, 0.3) is 0 Å². The summed E-state index contributed by atoms with van der Waals surface area (Å²) in [5.41, 5.74) is 0.554. The quantitative estimate of drug-likeness (QED) is 0.586. The fraction of sp³-hybridized carbons (Fsp3) is 0. The van der Waals surface area contributed by atoms with E-state index in [0.717, 1.165) is 0 Å². The van der Waals surface area contributed by atoms with Crippen LogP contribution in [-0.4, -0.2) is 45.7 Å². The van der Waals surface area contributed by atoms with Crippen molar-refractivity contribution in [1.82, 2.24) is 9.97 Å². The number of hydrogen-bond acceptors (Lipinski definition) is 7. The number of hydrogen-bond donors (Lipinski definition) is 1. The predicted octanol–water partition coefficient (Wildman–Crippen LogP) is -1.47. The van der Waals surface area contributed by atoms with Gasteiger partial charge in [0.1, 0.15) is 11.7 Å². The minimum atomic E-state index is -0.551. The van der Waals surface area contributed by atoms with Gasteiger partial charge in [-0.15, -0.1) is 0 Å². The van der Waals surface area contributed by atoms with Crippen molar-refractivity contribution in [2.75, 3.05) is 0 Å². The number of guanidine groups is 2. The first-order valence-electron chi connectivity index (χ1n) is 5.63. The normalized spacial score (nSPS) is 20.3. The smallest absolute Gasteiger partial charge is 0.302 e. The van der Waals surface area contributed by atoms with E-state index in [2.05, 4.69) is 44.9 Å². The first kappa shape index (κ1) is 11.7. The third-order valence-corrected chi connectivity index (χ3v) is 2.92. The van der Waals surface area contributed by atoms with Crippen molar-refractivity contribution in [1.29, 1.82) is 0 Å². The van der Waals surface area contributed by atoms with Gasteiger partial charge in [0, 0.05) is 0 Å². The molecule has 0 saturated heterocycles. The van der Waals surface area contributed by atoms with E-state index in [4.69, 9.17) is 12.2 Å². The Morgan fingerprint density at radius 2 is 2.10 bits per heavy atom. The number of rotatable bonds is 0. The van der Waals surface area contributed by atoms with Gasteiger partial charge < -0.3 is 4.98 Å². The number of fused-ring (bicyclic) bond motifs is 2. The summed E-state index contributed by atoms with van der Waals surface area (Å²) in [5.74, 6) is -0.368. The van der Waals surface area contributed by atoms with Crippen LogP contribution in [0, 0.1) is 4.64 Å². The Balaban J connectivity index is 1.80. The van der Waals surface area contributed by atoms with Gasteiger partial charge in [-0.25, -0.2) is 20.0 Å². The Bertz CT molecular complexity index is 1020. The molecule has 1 aromatic rings. The lowest BCUT2D eigenvalue weighted by atomic mass is 10.3. The van der Waals surface area contributed by atoms with E-state index in [1.165, 1.54) is 12.7 Å². The highest BCUT2D eigenvalue weighted by atomic mass is 32.1. The Labute approximate surface area is 120 Å². The van der Waals surface area contributed by atoms with Gasteiger partial charge in [-0.2, -0.15) is 20.0 Å². The lowest BCUT2D eigenvalue weighted by Crippen LogP contribution is -2.27. The second kappa shape index (κ2) is 4.21. The van der Waals surface area contributed by atoms with Gasteiger partial charge >= 0.3 is 5.91 Å². The van der Waals surface area contributed by atoms with Crippen molar-refractivity contribution < 1.29 is 4.79 Å². The minimum absolute atomic E-state index is 0.0813. The van der Waals surface area contributed by atoms with E-state index in [1.807, 2.05) is 0 Å². The van der Waals surface area contributed by atoms with Gasteiger partial charge in [0.25, 0.3) is 11.9 Å². The number of aromatic amines is 1. The number of carbonyl (C=O) groups excluding carboxylic acids is 1. The van der Waals surface area contributed by atoms with Gasteiger partial charge in [0.2, 0.25) is 0 Å². The average molecular weight is 297 g/mol. The van der Waals surface area contributed by atoms with Crippen molar-refractivity contribution >= 4 is 47.9 Å². The van der Waals surface area contributed by atoms with E-state index in [-0.39, 0.29) is 23.5 Å². The SMILES string of the molecule is O=C1N=C(N=C2N=c3[nH]cnc(=S)c3=N2)N=C2N=CN=C12. The molecule has 4 heterocycles. The van der Waals surface area contributed by atoms with Crippen LogP contribution in [0.2, 0.25) is 0 Å². The Morgan fingerprint density at radius 1 is 1.19 bits per heavy atom. The zero-order chi connectivity index (χ0) is 14.4. The van der Waals surface area contributed by atoms with Crippen LogP contribution in [0.3, 0.4) is 0 Å². The number of nitrogens with zero attached hydrogens (tertiary/aromatic N) is 8. The highest BCUT2D eigenvalue weighted by Gasteiger charge is 2.26. The average Bonchev–Trinajstić information content (AvgIpc) is 3.06. The van der Waals surface area contributed by atoms with Crippen molar-refractivity contribution in [2.24, 2.45) is 34.9 Å². The number of aliphatic imine (C=N–C) groups is 5. The lowest BCUT2D eigenvalue weighted by molar-refractivity contribution is -0.111. The summed E-state index contributed by atoms with van der Waals surface area (Å²) >= 11 is 5.03. The van der Waals surface area contributed by atoms with Crippen molar-refractivity contribution in [3.05, 3.63) is 21.8 Å². The van der Waals surface area contributed by atoms with Gasteiger partial charge in [0.05, 0.1) is 6.33 Å². The molecule has 10 nitrogen and oxygen atoms in total. The summed E-state index contributed by atoms with van der Waals surface area (Å²) in [5, 5.41) is 0.419. The van der Waals surface area contributed by atoms with Crippen LogP contribution in [0.5, 0.6) is 0 Å². The molecule has 21 heavy (non-hydrogen) atoms. The first-order valence-corrected chi connectivity index (χ1v) is 6.04. The predicted molar refractivity (Wildman–Crippen MR) is 75.0 cm³/mol. The highest BCUT2D eigenvalue weighted by molar-refractivity contribution is 7.71. The third kappa shape index (κ3) is 1.87. The number of amidine groups is 1. The summed E-state index contributed by atoms with van der Waals surface area (Å²) in [6.45, 7) is 0. The minimum Gasteiger partial charge on any atom is -0.329 e. The molecule has 0 atom stereocenters. The second-order valence-corrected chi connectivity index (χ2v) is 4.30. The van der Waals surface area contributed by atoms with Crippen LogP contribution in [-0.2, 0) is 4.79 Å². The molecule has 0 aromatic carbocycles. The number of nitrogens with one attached hydrogen (secondary N) is 1. The summed E-state index contributed by atoms with van der Waals surface area (Å²) in [6.07, 6.45) is 2.66. The van der Waals surface area contributed by atoms with Crippen LogP contribution in [0.4, 0.5) is 0 Å². The molecule has 0 spiro atoms. The van der Waals surface area contributed by atoms with E-state index in [9.17, 15) is 4.79 Å². The van der Waals surface area contributed by atoms with E-state index in [0.29, 0.717) is 15.5 Å². The number of aromatic nitrogens is 2. The van der Waals surface area contributed by atoms with Crippen LogP contribution >= 0.6 is 12.2 Å². The fourth-order valence-electron chi connectivity index (χ4n) is 1.74. The van der Waals surface area contributed by atoms with Gasteiger partial charge in [-0.05, 0) is 0 Å². The molecular formula is C10H3N9OS. The molecule has 100 valence electrons. The van der Waals surface area contributed by atoms with Crippen LogP contribution in [0.15, 0.2) is 41.3 Å². The Morgan fingerprint density at radius 3 is 2.95 bits per heavy atom. The molecule has 4 rings (SSSR count). The van der Waals surface area contributed by atoms with Crippen molar-refractivity contribution in [3.63, 3.8) is 0 Å². The summed E-state index contributed by atoms with van der Waals surface area (Å²) in [6, 6.07) is 0. The molecule has 0 unspecified atom stereocenters. The maximum atomic E-state index is 11.7. The molecular weight excluding hydrogens is 294 g/mol. The maximum absolute atomic E-state index is 11.7. The molecule has 0 radical (unpaired) electrons. The molecule has 0 aliphatic carbocycles. The molecule has 3 aliphatic heterocycles. The van der Waals surface area contributed by atoms with E-state index < -0.39 is 5.91 Å². The van der Waals surface area contributed by atoms with Crippen molar-refractivity contribution in [2.45, 2.75) is 0 Å². The van der Waals surface area contributed by atoms with Crippen molar-refractivity contribution in [3.8, 4) is 0 Å². The zero-order valence-corrected chi connectivity index (χ0v) is 10.9. The molecule has 3 aliphatic rings. The highest BCUT2D eigenvalue weighted by Crippen LogP contribution is 2.06. The molecule has 1 N–H and O–H groups in total. The lowest BCUT2D eigenvalue weighted by Gasteiger charge is -2.02. The topological polar surface area (TPSA) is 132 Å². The largest absolute Gasteiger partial charge is 0.329 e. The molecule has 0 bridgehead atoms. The number of H-pyrrole nitrogens is 1. The third-order valence-electron chi connectivity index (χ3n) is 2.62. The fourth-order valence-corrected chi connectivity index (χ4v) is 1.93. The van der Waals surface area contributed by atoms with Gasteiger partial charge in [0.15, 0.2) is 21.7 Å².